The number of methoxy groups -OCH3 is 1. The summed E-state index contributed by atoms with van der Waals surface area (Å²) in [7, 11) is 1.62. The van der Waals surface area contributed by atoms with Gasteiger partial charge in [-0.2, -0.15) is 0 Å². The Kier molecular flexibility index (Phi) is 6.13. The number of aromatic nitrogens is 1. The maximum Gasteiger partial charge on any atom is 0.253 e. The molecule has 0 N–H and O–H groups in total. The van der Waals surface area contributed by atoms with Crippen molar-refractivity contribution in [1.82, 2.24) is 14.8 Å². The Morgan fingerprint density at radius 1 is 1.07 bits per heavy atom. The molecule has 0 saturated carbocycles. The third-order valence-corrected chi connectivity index (χ3v) is 6.60. The van der Waals surface area contributed by atoms with Crippen molar-refractivity contribution in [3.05, 3.63) is 66.0 Å². The number of likely N-dealkylation sites (tertiary alicyclic amines) is 2. The van der Waals surface area contributed by atoms with E-state index in [9.17, 15) is 9.59 Å². The van der Waals surface area contributed by atoms with Crippen molar-refractivity contribution in [1.29, 1.82) is 0 Å². The topological polar surface area (TPSA) is 62.7 Å². The lowest BCUT2D eigenvalue weighted by Gasteiger charge is -2.29. The van der Waals surface area contributed by atoms with Crippen molar-refractivity contribution in [2.24, 2.45) is 11.3 Å². The number of amides is 2. The minimum absolute atomic E-state index is 0.0543. The molecular formula is C24H29N3O3. The van der Waals surface area contributed by atoms with Gasteiger partial charge in [0.1, 0.15) is 0 Å². The number of nitrogens with zero attached hydrogens (tertiary/aromatic N) is 3. The summed E-state index contributed by atoms with van der Waals surface area (Å²) in [6.07, 6.45) is 5.65. The predicted octanol–water partition coefficient (Wildman–Crippen LogP) is 2.65. The first-order valence-electron chi connectivity index (χ1n) is 10.6. The summed E-state index contributed by atoms with van der Waals surface area (Å²) < 4.78 is 5.09. The lowest BCUT2D eigenvalue weighted by Crippen LogP contribution is -2.39. The molecule has 0 radical (unpaired) electrons. The first kappa shape index (κ1) is 20.5. The molecule has 4 rings (SSSR count). The molecule has 2 aliphatic rings. The number of ether oxygens (including phenoxy) is 1. The first-order valence-corrected chi connectivity index (χ1v) is 10.6. The van der Waals surface area contributed by atoms with Crippen LogP contribution in [0.15, 0.2) is 54.9 Å². The van der Waals surface area contributed by atoms with Crippen LogP contribution in [-0.4, -0.2) is 66.5 Å². The average molecular weight is 408 g/mol. The van der Waals surface area contributed by atoms with Crippen molar-refractivity contribution in [3.63, 3.8) is 0 Å². The Hall–Kier alpha value is -2.73. The van der Waals surface area contributed by atoms with Crippen LogP contribution in [0.5, 0.6) is 0 Å². The summed E-state index contributed by atoms with van der Waals surface area (Å²) in [6, 6.07) is 14.0. The van der Waals surface area contributed by atoms with Gasteiger partial charge in [0.25, 0.3) is 5.91 Å². The van der Waals surface area contributed by atoms with Gasteiger partial charge in [-0.15, -0.1) is 0 Å². The van der Waals surface area contributed by atoms with Gasteiger partial charge in [-0.25, -0.2) is 0 Å². The molecule has 158 valence electrons. The maximum absolute atomic E-state index is 13.1. The van der Waals surface area contributed by atoms with Crippen LogP contribution in [0.1, 0.15) is 28.8 Å². The number of hydrogen-bond donors (Lipinski definition) is 0. The quantitative estimate of drug-likeness (QED) is 0.708. The van der Waals surface area contributed by atoms with E-state index in [1.807, 2.05) is 15.9 Å². The highest BCUT2D eigenvalue weighted by Gasteiger charge is 2.53. The van der Waals surface area contributed by atoms with Gasteiger partial charge in [0.05, 0.1) is 13.0 Å². The van der Waals surface area contributed by atoms with Crippen LogP contribution >= 0.6 is 0 Å². The van der Waals surface area contributed by atoms with Crippen LogP contribution in [0.3, 0.4) is 0 Å². The third kappa shape index (κ3) is 4.24. The van der Waals surface area contributed by atoms with E-state index in [2.05, 4.69) is 29.2 Å². The van der Waals surface area contributed by atoms with Crippen LogP contribution in [0, 0.1) is 11.3 Å². The molecule has 0 bridgehead atoms. The number of fused-ring (bicyclic) bond motifs is 1. The van der Waals surface area contributed by atoms with E-state index >= 15 is 0 Å². The second-order valence-electron chi connectivity index (χ2n) is 8.48. The number of carbonyl (C=O) groups is 2. The molecule has 6 nitrogen and oxygen atoms in total. The third-order valence-electron chi connectivity index (χ3n) is 6.60. The number of carbonyl (C=O) groups excluding carboxylic acids is 2. The monoisotopic (exact) mass is 407 g/mol. The summed E-state index contributed by atoms with van der Waals surface area (Å²) in [4.78, 5) is 33.7. The summed E-state index contributed by atoms with van der Waals surface area (Å²) in [6.45, 7) is 3.28. The van der Waals surface area contributed by atoms with Gasteiger partial charge in [-0.05, 0) is 30.5 Å². The van der Waals surface area contributed by atoms with Crippen molar-refractivity contribution in [2.45, 2.75) is 19.3 Å². The Bertz CT molecular complexity index is 874. The van der Waals surface area contributed by atoms with Crippen LogP contribution < -0.4 is 0 Å². The molecule has 2 aromatic rings. The molecule has 2 amide bonds. The first-order chi connectivity index (χ1) is 14.6. The number of rotatable bonds is 7. The van der Waals surface area contributed by atoms with E-state index in [1.54, 1.807) is 31.6 Å². The zero-order valence-electron chi connectivity index (χ0n) is 17.5. The number of hydrogen-bond acceptors (Lipinski definition) is 4. The maximum atomic E-state index is 13.1. The van der Waals surface area contributed by atoms with Crippen molar-refractivity contribution < 1.29 is 14.3 Å². The normalized spacial score (nSPS) is 22.9. The molecule has 2 fully saturated rings. The lowest BCUT2D eigenvalue weighted by molar-refractivity contribution is -0.131. The predicted molar refractivity (Wildman–Crippen MR) is 114 cm³/mol. The fourth-order valence-electron chi connectivity index (χ4n) is 4.94. The van der Waals surface area contributed by atoms with Gasteiger partial charge in [-0.3, -0.25) is 14.6 Å². The van der Waals surface area contributed by atoms with E-state index in [0.29, 0.717) is 44.1 Å². The second kappa shape index (κ2) is 8.96. The molecular weight excluding hydrogens is 378 g/mol. The van der Waals surface area contributed by atoms with E-state index < -0.39 is 0 Å². The second-order valence-corrected chi connectivity index (χ2v) is 8.48. The van der Waals surface area contributed by atoms with E-state index in [-0.39, 0.29) is 17.2 Å². The van der Waals surface area contributed by atoms with Crippen molar-refractivity contribution in [3.8, 4) is 0 Å². The largest absolute Gasteiger partial charge is 0.384 e. The van der Waals surface area contributed by atoms with Crippen LogP contribution in [0.2, 0.25) is 0 Å². The zero-order valence-corrected chi connectivity index (χ0v) is 17.5. The molecule has 1 aromatic carbocycles. The van der Waals surface area contributed by atoms with Crippen molar-refractivity contribution in [2.75, 3.05) is 39.9 Å². The molecule has 0 unspecified atom stereocenters. The molecule has 30 heavy (non-hydrogen) atoms. The SMILES string of the molecule is COCCC(=O)N1C[C@@H]2CN(C(=O)c3ccncc3)C[C@]2(CCc2ccccc2)C1. The Labute approximate surface area is 177 Å². The number of benzene rings is 1. The number of pyridine rings is 1. The summed E-state index contributed by atoms with van der Waals surface area (Å²) in [5.74, 6) is 0.513. The minimum Gasteiger partial charge on any atom is -0.384 e. The standard InChI is InChI=1S/C24H29N3O3/c1-30-14-10-22(28)26-15-21-16-27(23(29)20-8-12-25-13-9-20)18-24(21,17-26)11-7-19-5-3-2-4-6-19/h2-6,8-9,12-13,21H,7,10-11,14-18H2,1H3/t21-,24+/m1/s1. The molecule has 0 aliphatic carbocycles. The molecule has 2 aliphatic heterocycles. The van der Waals surface area contributed by atoms with Gasteiger partial charge in [0.2, 0.25) is 5.91 Å². The molecule has 6 heteroatoms. The summed E-state index contributed by atoms with van der Waals surface area (Å²) in [5.41, 5.74) is 1.92. The zero-order chi connectivity index (χ0) is 21.0. The average Bonchev–Trinajstić information content (AvgIpc) is 3.31. The Morgan fingerprint density at radius 2 is 1.77 bits per heavy atom. The van der Waals surface area contributed by atoms with Gasteiger partial charge >= 0.3 is 0 Å². The molecule has 3 heterocycles. The Balaban J connectivity index is 1.51. The Morgan fingerprint density at radius 3 is 2.50 bits per heavy atom. The van der Waals surface area contributed by atoms with Gasteiger partial charge < -0.3 is 14.5 Å². The molecule has 2 saturated heterocycles. The summed E-state index contributed by atoms with van der Waals surface area (Å²) in [5, 5.41) is 0. The van der Waals surface area contributed by atoms with E-state index in [1.165, 1.54) is 5.56 Å². The minimum atomic E-state index is -0.0543. The molecule has 1 aromatic heterocycles. The van der Waals surface area contributed by atoms with Crippen molar-refractivity contribution >= 4 is 11.8 Å². The van der Waals surface area contributed by atoms with Crippen LogP contribution in [0.25, 0.3) is 0 Å². The van der Waals surface area contributed by atoms with E-state index in [4.69, 9.17) is 4.74 Å². The van der Waals surface area contributed by atoms with Gasteiger partial charge in [0, 0.05) is 62.6 Å². The van der Waals surface area contributed by atoms with Crippen LogP contribution in [0.4, 0.5) is 0 Å². The number of aryl methyl sites for hydroxylation is 1. The highest BCUT2D eigenvalue weighted by atomic mass is 16.5. The highest BCUT2D eigenvalue weighted by Crippen LogP contribution is 2.46. The fourth-order valence-corrected chi connectivity index (χ4v) is 4.94. The van der Waals surface area contributed by atoms with E-state index in [0.717, 1.165) is 19.4 Å². The smallest absolute Gasteiger partial charge is 0.253 e. The highest BCUT2D eigenvalue weighted by molar-refractivity contribution is 5.94. The summed E-state index contributed by atoms with van der Waals surface area (Å²) >= 11 is 0. The molecule has 2 atom stereocenters. The lowest BCUT2D eigenvalue weighted by atomic mass is 9.76. The van der Waals surface area contributed by atoms with Gasteiger partial charge in [-0.1, -0.05) is 30.3 Å². The van der Waals surface area contributed by atoms with Crippen LogP contribution in [-0.2, 0) is 16.0 Å². The molecule has 0 spiro atoms. The van der Waals surface area contributed by atoms with Gasteiger partial charge in [0.15, 0.2) is 0 Å². The fraction of sp³-hybridized carbons (Fsp3) is 0.458.